The zero-order valence-corrected chi connectivity index (χ0v) is 15.7. The van der Waals surface area contributed by atoms with E-state index in [0.29, 0.717) is 27.3 Å². The van der Waals surface area contributed by atoms with Gasteiger partial charge in [-0.15, -0.1) is 10.2 Å². The number of carbonyl (C=O) groups excluding carboxylic acids is 1. The molecule has 1 N–H and O–H groups in total. The van der Waals surface area contributed by atoms with Crippen molar-refractivity contribution in [3.05, 3.63) is 58.9 Å². The molecule has 0 aliphatic rings. The highest BCUT2D eigenvalue weighted by Crippen LogP contribution is 2.26. The minimum Gasteiger partial charge on any atom is -0.324 e. The number of hydrogen-bond donors (Lipinski definition) is 1. The molecule has 134 valence electrons. The van der Waals surface area contributed by atoms with E-state index in [2.05, 4.69) is 15.5 Å². The fourth-order valence-corrected chi connectivity index (χ4v) is 3.35. The molecule has 0 unspecified atom stereocenters. The van der Waals surface area contributed by atoms with Crippen molar-refractivity contribution in [1.29, 1.82) is 0 Å². The van der Waals surface area contributed by atoms with E-state index in [9.17, 15) is 9.18 Å². The number of rotatable bonds is 5. The molecule has 0 saturated heterocycles. The SMILES string of the molecule is Cc1ccc(NC(=O)CSc2nnc(-c3ccccc3F)n2C)c(Cl)c1. The van der Waals surface area contributed by atoms with Gasteiger partial charge in [-0.25, -0.2) is 4.39 Å². The summed E-state index contributed by atoms with van der Waals surface area (Å²) in [4.78, 5) is 12.2. The minimum absolute atomic E-state index is 0.132. The quantitative estimate of drug-likeness (QED) is 0.659. The molecular formula is C18H16ClFN4OS. The van der Waals surface area contributed by atoms with Gasteiger partial charge in [0.15, 0.2) is 11.0 Å². The van der Waals surface area contributed by atoms with Gasteiger partial charge in [0.2, 0.25) is 5.91 Å². The topological polar surface area (TPSA) is 59.8 Å². The summed E-state index contributed by atoms with van der Waals surface area (Å²) >= 11 is 7.34. The Balaban J connectivity index is 1.67. The first-order valence-electron chi connectivity index (χ1n) is 7.79. The predicted molar refractivity (Wildman–Crippen MR) is 102 cm³/mol. The lowest BCUT2D eigenvalue weighted by Gasteiger charge is -2.08. The number of benzene rings is 2. The molecule has 8 heteroatoms. The first-order valence-corrected chi connectivity index (χ1v) is 9.15. The molecule has 1 heterocycles. The molecule has 0 bridgehead atoms. The van der Waals surface area contributed by atoms with E-state index in [1.807, 2.05) is 13.0 Å². The summed E-state index contributed by atoms with van der Waals surface area (Å²) in [5, 5.41) is 11.9. The largest absolute Gasteiger partial charge is 0.324 e. The number of amides is 1. The fourth-order valence-electron chi connectivity index (χ4n) is 2.36. The smallest absolute Gasteiger partial charge is 0.234 e. The molecule has 2 aromatic carbocycles. The molecule has 3 rings (SSSR count). The third kappa shape index (κ3) is 4.05. The number of anilines is 1. The zero-order valence-electron chi connectivity index (χ0n) is 14.2. The van der Waals surface area contributed by atoms with Crippen LogP contribution in [0.5, 0.6) is 0 Å². The number of aromatic nitrogens is 3. The Morgan fingerprint density at radius 2 is 2.04 bits per heavy atom. The average molecular weight is 391 g/mol. The van der Waals surface area contributed by atoms with Crippen molar-refractivity contribution in [3.8, 4) is 11.4 Å². The Morgan fingerprint density at radius 1 is 1.27 bits per heavy atom. The van der Waals surface area contributed by atoms with E-state index in [-0.39, 0.29) is 17.5 Å². The van der Waals surface area contributed by atoms with E-state index in [1.54, 1.807) is 41.9 Å². The van der Waals surface area contributed by atoms with Crippen LogP contribution in [0.1, 0.15) is 5.56 Å². The Hall–Kier alpha value is -2.38. The Morgan fingerprint density at radius 3 is 2.77 bits per heavy atom. The van der Waals surface area contributed by atoms with Crippen molar-refractivity contribution in [2.45, 2.75) is 12.1 Å². The average Bonchev–Trinajstić information content (AvgIpc) is 2.97. The van der Waals surface area contributed by atoms with Crippen molar-refractivity contribution >= 4 is 35.0 Å². The number of nitrogens with zero attached hydrogens (tertiary/aromatic N) is 3. The number of carbonyl (C=O) groups is 1. The van der Waals surface area contributed by atoms with Crippen molar-refractivity contribution in [2.75, 3.05) is 11.1 Å². The van der Waals surface area contributed by atoms with E-state index >= 15 is 0 Å². The van der Waals surface area contributed by atoms with Crippen molar-refractivity contribution < 1.29 is 9.18 Å². The second-order valence-corrected chi connectivity index (χ2v) is 7.01. The Bertz CT molecular complexity index is 960. The first-order chi connectivity index (χ1) is 12.5. The third-order valence-electron chi connectivity index (χ3n) is 3.68. The van der Waals surface area contributed by atoms with Gasteiger partial charge in [-0.2, -0.15) is 0 Å². The molecule has 0 radical (unpaired) electrons. The molecule has 0 saturated carbocycles. The van der Waals surface area contributed by atoms with Gasteiger partial charge in [-0.05, 0) is 36.8 Å². The second-order valence-electron chi connectivity index (χ2n) is 5.67. The van der Waals surface area contributed by atoms with Gasteiger partial charge in [-0.3, -0.25) is 4.79 Å². The van der Waals surface area contributed by atoms with Gasteiger partial charge in [0.25, 0.3) is 0 Å². The third-order valence-corrected chi connectivity index (χ3v) is 5.01. The predicted octanol–water partition coefficient (Wildman–Crippen LogP) is 4.31. The van der Waals surface area contributed by atoms with Crippen LogP contribution in [0.2, 0.25) is 5.02 Å². The van der Waals surface area contributed by atoms with Gasteiger partial charge < -0.3 is 9.88 Å². The summed E-state index contributed by atoms with van der Waals surface area (Å²) < 4.78 is 15.6. The van der Waals surface area contributed by atoms with Crippen LogP contribution in [-0.4, -0.2) is 26.4 Å². The molecule has 0 aliphatic heterocycles. The standard InChI is InChI=1S/C18H16ClFN4OS/c1-11-7-8-15(13(19)9-11)21-16(25)10-26-18-23-22-17(24(18)2)12-5-3-4-6-14(12)20/h3-9H,10H2,1-2H3,(H,21,25). The zero-order chi connectivity index (χ0) is 18.7. The van der Waals surface area contributed by atoms with Crippen LogP contribution in [0.3, 0.4) is 0 Å². The van der Waals surface area contributed by atoms with E-state index < -0.39 is 0 Å². The van der Waals surface area contributed by atoms with Gasteiger partial charge in [0.05, 0.1) is 22.0 Å². The van der Waals surface area contributed by atoms with E-state index in [4.69, 9.17) is 11.6 Å². The lowest BCUT2D eigenvalue weighted by atomic mass is 10.2. The maximum Gasteiger partial charge on any atom is 0.234 e. The Kier molecular flexibility index (Phi) is 5.58. The summed E-state index contributed by atoms with van der Waals surface area (Å²) in [6.07, 6.45) is 0. The van der Waals surface area contributed by atoms with Gasteiger partial charge in [-0.1, -0.05) is 41.6 Å². The fraction of sp³-hybridized carbons (Fsp3) is 0.167. The number of nitrogens with one attached hydrogen (secondary N) is 1. The molecule has 0 fully saturated rings. The van der Waals surface area contributed by atoms with Crippen molar-refractivity contribution in [2.24, 2.45) is 7.05 Å². The van der Waals surface area contributed by atoms with Crippen LogP contribution in [-0.2, 0) is 11.8 Å². The highest BCUT2D eigenvalue weighted by atomic mass is 35.5. The first kappa shape index (κ1) is 18.4. The molecule has 0 aliphatic carbocycles. The molecule has 3 aromatic rings. The van der Waals surface area contributed by atoms with Gasteiger partial charge in [0, 0.05) is 7.05 Å². The summed E-state index contributed by atoms with van der Waals surface area (Å²) in [5.74, 6) is -0.0388. The molecule has 1 amide bonds. The lowest BCUT2D eigenvalue weighted by Crippen LogP contribution is -2.14. The molecule has 1 aromatic heterocycles. The molecular weight excluding hydrogens is 375 g/mol. The number of halogens is 2. The summed E-state index contributed by atoms with van der Waals surface area (Å²) in [6, 6.07) is 11.8. The van der Waals surface area contributed by atoms with Crippen LogP contribution in [0.15, 0.2) is 47.6 Å². The van der Waals surface area contributed by atoms with Crippen LogP contribution in [0.25, 0.3) is 11.4 Å². The van der Waals surface area contributed by atoms with Crippen LogP contribution in [0.4, 0.5) is 10.1 Å². The summed E-state index contributed by atoms with van der Waals surface area (Å²) in [7, 11) is 1.73. The van der Waals surface area contributed by atoms with Crippen LogP contribution < -0.4 is 5.32 Å². The summed E-state index contributed by atoms with van der Waals surface area (Å²) in [6.45, 7) is 1.93. The van der Waals surface area contributed by atoms with Crippen LogP contribution >= 0.6 is 23.4 Å². The second kappa shape index (κ2) is 7.88. The highest BCUT2D eigenvalue weighted by molar-refractivity contribution is 7.99. The molecule has 26 heavy (non-hydrogen) atoms. The lowest BCUT2D eigenvalue weighted by molar-refractivity contribution is -0.113. The van der Waals surface area contributed by atoms with E-state index in [0.717, 1.165) is 5.56 Å². The monoisotopic (exact) mass is 390 g/mol. The number of aryl methyl sites for hydroxylation is 1. The molecule has 0 spiro atoms. The Labute approximate surface area is 159 Å². The van der Waals surface area contributed by atoms with Gasteiger partial charge >= 0.3 is 0 Å². The van der Waals surface area contributed by atoms with Crippen LogP contribution in [0, 0.1) is 12.7 Å². The molecule has 0 atom stereocenters. The maximum atomic E-state index is 13.9. The van der Waals surface area contributed by atoms with Gasteiger partial charge in [0.1, 0.15) is 5.82 Å². The normalized spacial score (nSPS) is 10.8. The molecule has 5 nitrogen and oxygen atoms in total. The van der Waals surface area contributed by atoms with Crippen molar-refractivity contribution in [1.82, 2.24) is 14.8 Å². The number of thioether (sulfide) groups is 1. The highest BCUT2D eigenvalue weighted by Gasteiger charge is 2.15. The van der Waals surface area contributed by atoms with Crippen molar-refractivity contribution in [3.63, 3.8) is 0 Å². The maximum absolute atomic E-state index is 13.9. The number of hydrogen-bond acceptors (Lipinski definition) is 4. The minimum atomic E-state index is -0.369. The summed E-state index contributed by atoms with van der Waals surface area (Å²) in [5.41, 5.74) is 1.94. The van der Waals surface area contributed by atoms with E-state index in [1.165, 1.54) is 17.8 Å².